The Bertz CT molecular complexity index is 1340. The van der Waals surface area contributed by atoms with Crippen molar-refractivity contribution in [1.29, 1.82) is 0 Å². The van der Waals surface area contributed by atoms with Gasteiger partial charge in [-0.15, -0.1) is 10.2 Å². The summed E-state index contributed by atoms with van der Waals surface area (Å²) in [7, 11) is 0. The number of para-hydroxylation sites is 2. The Morgan fingerprint density at radius 1 is 0.871 bits per heavy atom. The van der Waals surface area contributed by atoms with E-state index >= 15 is 0 Å². The number of nitrogens with zero attached hydrogens (tertiary/aromatic N) is 5. The molecule has 0 aliphatic rings. The van der Waals surface area contributed by atoms with E-state index < -0.39 is 0 Å². The van der Waals surface area contributed by atoms with Gasteiger partial charge < -0.3 is 4.42 Å². The summed E-state index contributed by atoms with van der Waals surface area (Å²) >= 11 is 1.61. The molecule has 2 aromatic carbocycles. The van der Waals surface area contributed by atoms with Crippen molar-refractivity contribution in [3.8, 4) is 11.4 Å². The highest BCUT2D eigenvalue weighted by Gasteiger charge is 2.18. The van der Waals surface area contributed by atoms with E-state index in [-0.39, 0.29) is 0 Å². The van der Waals surface area contributed by atoms with Gasteiger partial charge in [0.2, 0.25) is 0 Å². The van der Waals surface area contributed by atoms with Gasteiger partial charge in [0.25, 0.3) is 0 Å². The van der Waals surface area contributed by atoms with E-state index in [0.29, 0.717) is 12.3 Å². The smallest absolute Gasteiger partial charge is 0.192 e. The minimum atomic E-state index is 0.564. The Hall–Kier alpha value is -3.45. The fourth-order valence-corrected chi connectivity index (χ4v) is 4.46. The van der Waals surface area contributed by atoms with Crippen LogP contribution in [0.2, 0.25) is 0 Å². The Kier molecular flexibility index (Phi) is 5.26. The second kappa shape index (κ2) is 8.35. The molecule has 0 N–H and O–H groups in total. The molecule has 154 valence electrons. The summed E-state index contributed by atoms with van der Waals surface area (Å²) in [5.41, 5.74) is 5.92. The molecule has 5 aromatic rings. The van der Waals surface area contributed by atoms with E-state index in [0.717, 1.165) is 50.3 Å². The number of benzene rings is 2. The average Bonchev–Trinajstić information content (AvgIpc) is 3.43. The third-order valence-corrected chi connectivity index (χ3v) is 6.16. The number of aryl methyl sites for hydroxylation is 2. The first-order valence-electron chi connectivity index (χ1n) is 10.1. The van der Waals surface area contributed by atoms with Gasteiger partial charge in [0.15, 0.2) is 11.0 Å². The molecule has 0 fully saturated rings. The molecule has 6 nitrogen and oxygen atoms in total. The molecule has 0 bridgehead atoms. The zero-order valence-electron chi connectivity index (χ0n) is 17.3. The van der Waals surface area contributed by atoms with Gasteiger partial charge in [-0.2, -0.15) is 0 Å². The van der Waals surface area contributed by atoms with E-state index in [4.69, 9.17) is 14.4 Å². The second-order valence-corrected chi connectivity index (χ2v) is 8.26. The summed E-state index contributed by atoms with van der Waals surface area (Å²) in [6.45, 7) is 4.65. The summed E-state index contributed by atoms with van der Waals surface area (Å²) < 4.78 is 7.71. The van der Waals surface area contributed by atoms with Crippen molar-refractivity contribution in [2.75, 3.05) is 0 Å². The van der Waals surface area contributed by atoms with E-state index in [2.05, 4.69) is 33.8 Å². The lowest BCUT2D eigenvalue weighted by atomic mass is 10.1. The molecule has 0 aliphatic heterocycles. The quantitative estimate of drug-likeness (QED) is 0.336. The van der Waals surface area contributed by atoms with Crippen LogP contribution < -0.4 is 0 Å². The zero-order valence-corrected chi connectivity index (χ0v) is 18.1. The van der Waals surface area contributed by atoms with Crippen LogP contribution in [0.4, 0.5) is 0 Å². The third-order valence-electron chi connectivity index (χ3n) is 5.18. The van der Waals surface area contributed by atoms with Crippen molar-refractivity contribution in [2.24, 2.45) is 0 Å². The van der Waals surface area contributed by atoms with Crippen molar-refractivity contribution in [3.05, 3.63) is 89.6 Å². The van der Waals surface area contributed by atoms with Gasteiger partial charge in [-0.3, -0.25) is 4.57 Å². The van der Waals surface area contributed by atoms with E-state index in [9.17, 15) is 0 Å². The van der Waals surface area contributed by atoms with Gasteiger partial charge in [0.05, 0.1) is 35.2 Å². The first-order valence-corrected chi connectivity index (χ1v) is 11.0. The van der Waals surface area contributed by atoms with Crippen molar-refractivity contribution < 1.29 is 4.42 Å². The second-order valence-electron chi connectivity index (χ2n) is 7.32. The topological polar surface area (TPSA) is 69.6 Å². The molecule has 0 saturated carbocycles. The van der Waals surface area contributed by atoms with E-state index in [1.807, 2.05) is 55.5 Å². The summed E-state index contributed by atoms with van der Waals surface area (Å²) in [6, 6.07) is 20.0. The summed E-state index contributed by atoms with van der Waals surface area (Å²) in [5, 5.41) is 9.86. The fourth-order valence-electron chi connectivity index (χ4n) is 3.51. The van der Waals surface area contributed by atoms with Crippen molar-refractivity contribution in [3.63, 3.8) is 0 Å². The Morgan fingerprint density at radius 3 is 2.42 bits per heavy atom. The van der Waals surface area contributed by atoms with Gasteiger partial charge in [-0.1, -0.05) is 48.2 Å². The first kappa shape index (κ1) is 19.5. The number of rotatable bonds is 6. The van der Waals surface area contributed by atoms with Gasteiger partial charge >= 0.3 is 0 Å². The highest BCUT2D eigenvalue weighted by atomic mass is 32.2. The number of fused-ring (bicyclic) bond motifs is 1. The minimum absolute atomic E-state index is 0.564. The highest BCUT2D eigenvalue weighted by molar-refractivity contribution is 7.98. The fraction of sp³-hybridized carbons (Fsp3) is 0.167. The maximum Gasteiger partial charge on any atom is 0.192 e. The average molecular weight is 428 g/mol. The van der Waals surface area contributed by atoms with E-state index in [1.54, 1.807) is 18.0 Å². The summed E-state index contributed by atoms with van der Waals surface area (Å²) in [6.07, 6.45) is 1.69. The molecule has 0 atom stereocenters. The normalized spacial score (nSPS) is 11.3. The maximum absolute atomic E-state index is 5.61. The van der Waals surface area contributed by atoms with Gasteiger partial charge in [0.1, 0.15) is 5.76 Å². The molecule has 0 amide bonds. The summed E-state index contributed by atoms with van der Waals surface area (Å²) in [4.78, 5) is 9.52. The molecule has 0 aliphatic carbocycles. The highest BCUT2D eigenvalue weighted by Crippen LogP contribution is 2.29. The van der Waals surface area contributed by atoms with E-state index in [1.165, 1.54) is 0 Å². The van der Waals surface area contributed by atoms with Gasteiger partial charge in [0, 0.05) is 11.3 Å². The molecule has 5 rings (SSSR count). The lowest BCUT2D eigenvalue weighted by Gasteiger charge is -2.11. The third kappa shape index (κ3) is 3.96. The standard InChI is InChI=1S/C24H21N5OS/c1-16-8-3-4-10-19(16)23-27-28-24(29(23)14-18-9-7-13-30-18)31-15-22-17(2)25-20-11-5-6-12-21(20)26-22/h3-13H,14-15H2,1-2H3. The predicted molar refractivity (Wildman–Crippen MR) is 122 cm³/mol. The Morgan fingerprint density at radius 2 is 1.65 bits per heavy atom. The van der Waals surface area contributed by atoms with Crippen molar-refractivity contribution >= 4 is 22.8 Å². The molecule has 3 aromatic heterocycles. The minimum Gasteiger partial charge on any atom is -0.467 e. The van der Waals surface area contributed by atoms with Crippen LogP contribution in [0.1, 0.15) is 22.7 Å². The van der Waals surface area contributed by atoms with Crippen LogP contribution in [-0.4, -0.2) is 24.7 Å². The SMILES string of the molecule is Cc1ccccc1-c1nnc(SCc2nc3ccccc3nc2C)n1Cc1ccco1. The van der Waals surface area contributed by atoms with Crippen LogP contribution >= 0.6 is 11.8 Å². The van der Waals surface area contributed by atoms with Crippen molar-refractivity contribution in [2.45, 2.75) is 31.3 Å². The largest absolute Gasteiger partial charge is 0.467 e. The Balaban J connectivity index is 1.49. The summed E-state index contributed by atoms with van der Waals surface area (Å²) in [5.74, 6) is 2.35. The predicted octanol–water partition coefficient (Wildman–Crippen LogP) is 5.44. The molecule has 31 heavy (non-hydrogen) atoms. The molecular formula is C24H21N5OS. The molecule has 0 radical (unpaired) electrons. The van der Waals surface area contributed by atoms with Crippen LogP contribution in [0, 0.1) is 13.8 Å². The van der Waals surface area contributed by atoms with Crippen LogP contribution in [-0.2, 0) is 12.3 Å². The van der Waals surface area contributed by atoms with Crippen LogP contribution in [0.5, 0.6) is 0 Å². The lowest BCUT2D eigenvalue weighted by Crippen LogP contribution is -2.05. The van der Waals surface area contributed by atoms with Gasteiger partial charge in [-0.05, 0) is 43.7 Å². The lowest BCUT2D eigenvalue weighted by molar-refractivity contribution is 0.485. The molecule has 0 saturated heterocycles. The van der Waals surface area contributed by atoms with Crippen LogP contribution in [0.25, 0.3) is 22.4 Å². The number of hydrogen-bond acceptors (Lipinski definition) is 6. The number of thioether (sulfide) groups is 1. The van der Waals surface area contributed by atoms with Crippen LogP contribution in [0.15, 0.2) is 76.5 Å². The first-order chi connectivity index (χ1) is 15.2. The monoisotopic (exact) mass is 427 g/mol. The van der Waals surface area contributed by atoms with Gasteiger partial charge in [-0.25, -0.2) is 9.97 Å². The maximum atomic E-state index is 5.61. The number of hydrogen-bond donors (Lipinski definition) is 0. The molecule has 0 unspecified atom stereocenters. The molecule has 0 spiro atoms. The number of aromatic nitrogens is 5. The molecule has 3 heterocycles. The molecular weight excluding hydrogens is 406 g/mol. The van der Waals surface area contributed by atoms with Crippen molar-refractivity contribution in [1.82, 2.24) is 24.7 Å². The molecule has 7 heteroatoms. The Labute approximate surface area is 184 Å². The van der Waals surface area contributed by atoms with Crippen LogP contribution in [0.3, 0.4) is 0 Å². The zero-order chi connectivity index (χ0) is 21.2. The number of furan rings is 1.